The zero-order valence-corrected chi connectivity index (χ0v) is 12.7. The molecule has 0 saturated carbocycles. The van der Waals surface area contributed by atoms with Crippen LogP contribution in [0, 0.1) is 0 Å². The minimum absolute atomic E-state index is 0.278. The van der Waals surface area contributed by atoms with Crippen LogP contribution in [-0.2, 0) is 25.7 Å². The number of likely N-dealkylation sites (tertiary alicyclic amines) is 1. The Hall–Kier alpha value is -2.01. The number of aldehydes is 1. The third-order valence-electron chi connectivity index (χ3n) is 2.66. The summed E-state index contributed by atoms with van der Waals surface area (Å²) in [6.07, 6.45) is 3.10. The Morgan fingerprint density at radius 1 is 1.19 bits per heavy atom. The van der Waals surface area contributed by atoms with Gasteiger partial charge in [0.15, 0.2) is 12.1 Å². The minimum atomic E-state index is -0.426. The number of carbonyl (C=O) groups excluding carboxylic acids is 3. The second kappa shape index (κ2) is 13.0. The Morgan fingerprint density at radius 3 is 2.05 bits per heavy atom. The summed E-state index contributed by atoms with van der Waals surface area (Å²) in [7, 11) is 2.17. The van der Waals surface area contributed by atoms with Crippen molar-refractivity contribution in [1.82, 2.24) is 4.90 Å². The lowest BCUT2D eigenvalue weighted by atomic mass is 10.2. The molecule has 0 bridgehead atoms. The van der Waals surface area contributed by atoms with Crippen molar-refractivity contribution in [2.75, 3.05) is 20.1 Å². The average Bonchev–Trinajstić information content (AvgIpc) is 2.98. The Labute approximate surface area is 125 Å². The number of ether oxygens (including phenoxy) is 1. The first-order valence-electron chi connectivity index (χ1n) is 6.83. The van der Waals surface area contributed by atoms with Gasteiger partial charge in [-0.3, -0.25) is 14.4 Å². The van der Waals surface area contributed by atoms with Gasteiger partial charge in [-0.25, -0.2) is 0 Å². The van der Waals surface area contributed by atoms with Crippen LogP contribution in [0.1, 0.15) is 25.3 Å². The van der Waals surface area contributed by atoms with Crippen molar-refractivity contribution in [2.24, 2.45) is 0 Å². The first kappa shape index (κ1) is 19.0. The molecule has 5 nitrogen and oxygen atoms in total. The van der Waals surface area contributed by atoms with E-state index in [0.717, 1.165) is 5.56 Å². The van der Waals surface area contributed by atoms with Crippen molar-refractivity contribution < 1.29 is 19.1 Å². The van der Waals surface area contributed by atoms with Crippen LogP contribution in [0.5, 0.6) is 0 Å². The van der Waals surface area contributed by atoms with Crippen molar-refractivity contribution in [3.8, 4) is 0 Å². The molecule has 1 heterocycles. The van der Waals surface area contributed by atoms with Gasteiger partial charge >= 0.3 is 0 Å². The molecular weight excluding hydrogens is 270 g/mol. The van der Waals surface area contributed by atoms with E-state index in [1.165, 1.54) is 32.9 Å². The lowest BCUT2D eigenvalue weighted by Crippen LogP contribution is -2.10. The molecule has 21 heavy (non-hydrogen) atoms. The van der Waals surface area contributed by atoms with Crippen molar-refractivity contribution >= 4 is 18.5 Å². The Balaban J connectivity index is 0.000000312. The second-order valence-electron chi connectivity index (χ2n) is 4.63. The molecule has 1 aromatic rings. The summed E-state index contributed by atoms with van der Waals surface area (Å²) in [5, 5.41) is 0. The monoisotopic (exact) mass is 293 g/mol. The maximum absolute atomic E-state index is 9.76. The highest BCUT2D eigenvalue weighted by molar-refractivity contribution is 6.23. The van der Waals surface area contributed by atoms with E-state index in [4.69, 9.17) is 4.79 Å². The fraction of sp³-hybridized carbons (Fsp3) is 0.438. The molecule has 1 aromatic carbocycles. The van der Waals surface area contributed by atoms with Crippen molar-refractivity contribution in [2.45, 2.75) is 26.4 Å². The van der Waals surface area contributed by atoms with Gasteiger partial charge in [0.25, 0.3) is 6.47 Å². The second-order valence-corrected chi connectivity index (χ2v) is 4.63. The van der Waals surface area contributed by atoms with Gasteiger partial charge in [0.2, 0.25) is 0 Å². The molecule has 1 fully saturated rings. The number of hydrogen-bond acceptors (Lipinski definition) is 5. The first-order valence-corrected chi connectivity index (χ1v) is 6.83. The van der Waals surface area contributed by atoms with Gasteiger partial charge in [-0.1, -0.05) is 30.3 Å². The first-order chi connectivity index (χ1) is 10.1. The minimum Gasteiger partial charge on any atom is -0.463 e. The van der Waals surface area contributed by atoms with E-state index in [9.17, 15) is 9.59 Å². The van der Waals surface area contributed by atoms with Crippen LogP contribution in [0.25, 0.3) is 0 Å². The molecule has 0 spiro atoms. The smallest absolute Gasteiger partial charge is 0.293 e. The molecule has 116 valence electrons. The summed E-state index contributed by atoms with van der Waals surface area (Å²) < 4.78 is 4.54. The molecule has 0 aromatic heterocycles. The average molecular weight is 293 g/mol. The summed E-state index contributed by atoms with van der Waals surface area (Å²) in [5.74, 6) is -0.426. The highest BCUT2D eigenvalue weighted by Gasteiger charge is 2.03. The van der Waals surface area contributed by atoms with Crippen molar-refractivity contribution in [1.29, 1.82) is 0 Å². The molecule has 0 amide bonds. The van der Waals surface area contributed by atoms with Gasteiger partial charge in [-0.05, 0) is 38.5 Å². The van der Waals surface area contributed by atoms with Crippen molar-refractivity contribution in [3.63, 3.8) is 0 Å². The molecule has 0 N–H and O–H groups in total. The van der Waals surface area contributed by atoms with Crippen LogP contribution >= 0.6 is 0 Å². The molecule has 1 aliphatic rings. The zero-order chi connectivity index (χ0) is 15.9. The number of rotatable bonds is 4. The molecule has 5 heteroatoms. The number of benzene rings is 1. The van der Waals surface area contributed by atoms with Gasteiger partial charge in [-0.2, -0.15) is 0 Å². The van der Waals surface area contributed by atoms with Crippen LogP contribution in [0.2, 0.25) is 0 Å². The van der Waals surface area contributed by atoms with E-state index in [0.29, 0.717) is 13.1 Å². The van der Waals surface area contributed by atoms with Crippen LogP contribution < -0.4 is 0 Å². The molecule has 0 aliphatic carbocycles. The van der Waals surface area contributed by atoms with E-state index < -0.39 is 5.78 Å². The third-order valence-corrected chi connectivity index (χ3v) is 2.66. The molecular formula is C16H23NO4. The SMILES string of the molecule is CC(=O)C=O.CN1CCCC1.O=COCc1ccccc1. The van der Waals surface area contributed by atoms with Crippen LogP contribution in [0.4, 0.5) is 0 Å². The molecule has 0 radical (unpaired) electrons. The summed E-state index contributed by atoms with van der Waals surface area (Å²) in [5.41, 5.74) is 1.01. The maximum atomic E-state index is 9.76. The normalized spacial score (nSPS) is 13.0. The van der Waals surface area contributed by atoms with E-state index >= 15 is 0 Å². The Kier molecular flexibility index (Phi) is 11.8. The fourth-order valence-corrected chi connectivity index (χ4v) is 1.58. The summed E-state index contributed by atoms with van der Waals surface area (Å²) in [6, 6.07) is 9.55. The number of nitrogens with zero attached hydrogens (tertiary/aromatic N) is 1. The number of carbonyl (C=O) groups is 3. The molecule has 1 aliphatic heterocycles. The van der Waals surface area contributed by atoms with Crippen LogP contribution in [-0.4, -0.2) is 43.6 Å². The number of ketones is 1. The van der Waals surface area contributed by atoms with Gasteiger partial charge in [0.05, 0.1) is 0 Å². The van der Waals surface area contributed by atoms with Gasteiger partial charge in [-0.15, -0.1) is 0 Å². The van der Waals surface area contributed by atoms with E-state index in [2.05, 4.69) is 16.7 Å². The molecule has 2 rings (SSSR count). The van der Waals surface area contributed by atoms with E-state index in [1.54, 1.807) is 0 Å². The molecule has 0 atom stereocenters. The van der Waals surface area contributed by atoms with E-state index in [1.807, 2.05) is 30.3 Å². The maximum Gasteiger partial charge on any atom is 0.293 e. The predicted octanol–water partition coefficient (Wildman–Crippen LogP) is 1.85. The predicted molar refractivity (Wildman–Crippen MR) is 80.8 cm³/mol. The standard InChI is InChI=1S/C8H8O2.C5H11N.C3H4O2/c9-7-10-6-8-4-2-1-3-5-8;1-6-4-2-3-5-6;1-3(5)2-4/h1-5,7H,6H2;2-5H2,1H3;2H,1H3. The van der Waals surface area contributed by atoms with Gasteiger partial charge < -0.3 is 9.64 Å². The van der Waals surface area contributed by atoms with E-state index in [-0.39, 0.29) is 6.29 Å². The van der Waals surface area contributed by atoms with Crippen LogP contribution in [0.15, 0.2) is 30.3 Å². The highest BCUT2D eigenvalue weighted by Crippen LogP contribution is 2.02. The lowest BCUT2D eigenvalue weighted by Gasteiger charge is -2.01. The summed E-state index contributed by atoms with van der Waals surface area (Å²) >= 11 is 0. The van der Waals surface area contributed by atoms with Crippen molar-refractivity contribution in [3.05, 3.63) is 35.9 Å². The quantitative estimate of drug-likeness (QED) is 0.626. The summed E-state index contributed by atoms with van der Waals surface area (Å²) in [6.45, 7) is 4.67. The zero-order valence-electron chi connectivity index (χ0n) is 12.7. The topological polar surface area (TPSA) is 63.7 Å². The van der Waals surface area contributed by atoms with Gasteiger partial charge in [0, 0.05) is 6.92 Å². The molecule has 0 unspecified atom stereocenters. The lowest BCUT2D eigenvalue weighted by molar-refractivity contribution is -0.129. The highest BCUT2D eigenvalue weighted by atomic mass is 16.5. The summed E-state index contributed by atoms with van der Waals surface area (Å²) in [4.78, 5) is 30.7. The Morgan fingerprint density at radius 2 is 1.71 bits per heavy atom. The Bertz CT molecular complexity index is 400. The fourth-order valence-electron chi connectivity index (χ4n) is 1.58. The third kappa shape index (κ3) is 12.8. The number of hydrogen-bond donors (Lipinski definition) is 0. The molecule has 1 saturated heterocycles. The largest absolute Gasteiger partial charge is 0.463 e. The van der Waals surface area contributed by atoms with Crippen LogP contribution in [0.3, 0.4) is 0 Å². The van der Waals surface area contributed by atoms with Gasteiger partial charge in [0.1, 0.15) is 6.61 Å². The number of Topliss-reactive ketones (excluding diaryl/α,β-unsaturated/α-hetero) is 1.